The van der Waals surface area contributed by atoms with Gasteiger partial charge in [0.15, 0.2) is 0 Å². The van der Waals surface area contributed by atoms with Gasteiger partial charge in [0.2, 0.25) is 0 Å². The maximum Gasteiger partial charge on any atom is 0.511 e. The van der Waals surface area contributed by atoms with Crippen molar-refractivity contribution in [2.24, 2.45) is 46.2 Å². The van der Waals surface area contributed by atoms with E-state index in [1.165, 1.54) is 57.7 Å². The summed E-state index contributed by atoms with van der Waals surface area (Å²) >= 11 is 5.26. The van der Waals surface area contributed by atoms with Gasteiger partial charge in [-0.25, -0.2) is 4.79 Å². The Hall–Kier alpha value is -2.01. The zero-order valence-electron chi connectivity index (χ0n) is 29.2. The Morgan fingerprint density at radius 3 is 2.07 bits per heavy atom. The molecule has 4 aliphatic rings. The molecule has 0 amide bonds. The van der Waals surface area contributed by atoms with E-state index in [-0.39, 0.29) is 27.5 Å². The summed E-state index contributed by atoms with van der Waals surface area (Å²) in [6.45, 7) is 15.1. The number of thiol groups is 1. The summed E-state index contributed by atoms with van der Waals surface area (Å²) in [5.74, 6) is 1.37. The first-order valence-electron chi connectivity index (χ1n) is 17.2. The highest BCUT2D eigenvalue weighted by atomic mass is 32.1. The van der Waals surface area contributed by atoms with Gasteiger partial charge < -0.3 is 15.6 Å². The predicted molar refractivity (Wildman–Crippen MR) is 182 cm³/mol. The van der Waals surface area contributed by atoms with Crippen LogP contribution in [0.25, 0.3) is 0 Å². The van der Waals surface area contributed by atoms with Crippen molar-refractivity contribution >= 4 is 24.5 Å². The Morgan fingerprint density at radius 1 is 1.00 bits per heavy atom. The minimum Gasteiger partial charge on any atom is -0.449 e. The Kier molecular flexibility index (Phi) is 16.4. The van der Waals surface area contributed by atoms with Crippen LogP contribution >= 0.6 is 12.6 Å². The Bertz CT molecular complexity index is 1090. The molecule has 8 unspecified atom stereocenters. The summed E-state index contributed by atoms with van der Waals surface area (Å²) in [6, 6.07) is 4.76. The number of ether oxygens (including phenoxy) is 1. The maximum atomic E-state index is 13.3. The van der Waals surface area contributed by atoms with Crippen LogP contribution in [0, 0.1) is 50.5 Å². The number of carbonyl (C=O) groups is 1. The molecular formula is C35H59F3N2O5S. The molecule has 7 nitrogen and oxygen atoms in total. The number of nitro groups is 1. The molecule has 46 heavy (non-hydrogen) atoms. The van der Waals surface area contributed by atoms with Crippen LogP contribution in [-0.2, 0) is 0 Å². The van der Waals surface area contributed by atoms with Crippen molar-refractivity contribution in [2.75, 3.05) is 7.05 Å². The van der Waals surface area contributed by atoms with Crippen LogP contribution < -0.4 is 10.5 Å². The minimum atomic E-state index is -4.00. The molecule has 266 valence electrons. The molecule has 1 aromatic rings. The van der Waals surface area contributed by atoms with E-state index < -0.39 is 23.2 Å². The number of halogens is 3. The molecule has 0 radical (unpaired) electrons. The molecule has 1 aromatic carbocycles. The number of alkyl halides is 3. The van der Waals surface area contributed by atoms with Crippen molar-refractivity contribution in [2.45, 2.75) is 130 Å². The molecule has 5 rings (SSSR count). The lowest BCUT2D eigenvalue weighted by Gasteiger charge is -2.62. The quantitative estimate of drug-likeness (QED) is 0.0961. The third-order valence-electron chi connectivity index (χ3n) is 11.4. The van der Waals surface area contributed by atoms with Crippen LogP contribution in [0.15, 0.2) is 24.3 Å². The fraction of sp³-hybridized carbons (Fsp3) is 0.800. The van der Waals surface area contributed by atoms with Gasteiger partial charge in [0.05, 0.1) is 10.8 Å². The maximum absolute atomic E-state index is 13.3. The van der Waals surface area contributed by atoms with Gasteiger partial charge in [-0.3, -0.25) is 10.1 Å². The van der Waals surface area contributed by atoms with E-state index in [1.807, 2.05) is 27.7 Å². The standard InChI is InChI=1S/C23H37F3S.C7H5NO5.2C2H6.CH5N/c1-4-10-22(27)13-9-19-17-6-5-15-14-16(23(24,25)26)7-11-20(15,2)18(17)8-12-21(19,22)3;9-7(10)13-6-3-1-5(2-4-6)8(11)12;3*1-2/h15-19,27H,4-14H2,1-3H3;1-4H,(H,9,10);2*1-2H3;2H2,1H3. The molecule has 0 spiro atoms. The Morgan fingerprint density at radius 2 is 1.57 bits per heavy atom. The SMILES string of the molecule is CC.CC.CCCC1(S)CCC2C3CCC4CC(C(F)(F)F)CCC4(C)C3CCC21C.CN.O=C(O)Oc1ccc([N+](=O)[O-])cc1. The summed E-state index contributed by atoms with van der Waals surface area (Å²) in [5.41, 5.74) is 4.84. The van der Waals surface area contributed by atoms with Gasteiger partial charge in [0, 0.05) is 16.9 Å². The molecular weight excluding hydrogens is 617 g/mol. The second-order valence-corrected chi connectivity index (χ2v) is 13.9. The number of fused-ring (bicyclic) bond motifs is 5. The van der Waals surface area contributed by atoms with Gasteiger partial charge in [-0.05, 0) is 118 Å². The lowest BCUT2D eigenvalue weighted by atomic mass is 9.44. The fourth-order valence-electron chi connectivity index (χ4n) is 9.23. The average Bonchev–Trinajstić information content (AvgIpc) is 3.29. The van der Waals surface area contributed by atoms with E-state index in [4.69, 9.17) is 17.7 Å². The Labute approximate surface area is 280 Å². The number of non-ortho nitro benzene ring substituents is 1. The van der Waals surface area contributed by atoms with E-state index >= 15 is 0 Å². The van der Waals surface area contributed by atoms with Crippen LogP contribution in [0.1, 0.15) is 119 Å². The van der Waals surface area contributed by atoms with Crippen LogP contribution in [0.4, 0.5) is 23.7 Å². The van der Waals surface area contributed by atoms with E-state index in [0.29, 0.717) is 24.2 Å². The smallest absolute Gasteiger partial charge is 0.449 e. The highest BCUT2D eigenvalue weighted by Crippen LogP contribution is 2.70. The first kappa shape index (κ1) is 42.0. The van der Waals surface area contributed by atoms with Crippen molar-refractivity contribution in [3.63, 3.8) is 0 Å². The zero-order chi connectivity index (χ0) is 35.5. The normalized spacial score (nSPS) is 34.0. The second kappa shape index (κ2) is 17.9. The van der Waals surface area contributed by atoms with Gasteiger partial charge in [0.25, 0.3) is 5.69 Å². The van der Waals surface area contributed by atoms with Crippen LogP contribution in [0.5, 0.6) is 5.75 Å². The minimum absolute atomic E-state index is 0.0538. The predicted octanol–water partition coefficient (Wildman–Crippen LogP) is 11.0. The molecule has 4 aliphatic carbocycles. The molecule has 0 aliphatic heterocycles. The zero-order valence-corrected chi connectivity index (χ0v) is 30.1. The number of hydrogen-bond donors (Lipinski definition) is 3. The summed E-state index contributed by atoms with van der Waals surface area (Å²) in [6.07, 6.45) is 5.61. The van der Waals surface area contributed by atoms with Crippen molar-refractivity contribution in [1.29, 1.82) is 0 Å². The van der Waals surface area contributed by atoms with E-state index in [2.05, 4.69) is 31.2 Å². The third-order valence-corrected chi connectivity index (χ3v) is 12.3. The molecule has 0 saturated heterocycles. The van der Waals surface area contributed by atoms with Crippen LogP contribution in [0.3, 0.4) is 0 Å². The largest absolute Gasteiger partial charge is 0.511 e. The van der Waals surface area contributed by atoms with Crippen LogP contribution in [-0.4, -0.2) is 34.2 Å². The van der Waals surface area contributed by atoms with Crippen molar-refractivity contribution in [3.8, 4) is 5.75 Å². The Balaban J connectivity index is 0.000000469. The topological polar surface area (TPSA) is 116 Å². The second-order valence-electron chi connectivity index (χ2n) is 13.1. The van der Waals surface area contributed by atoms with Gasteiger partial charge in [-0.1, -0.05) is 54.9 Å². The molecule has 3 N–H and O–H groups in total. The number of rotatable bonds is 4. The first-order valence-corrected chi connectivity index (χ1v) is 17.6. The lowest BCUT2D eigenvalue weighted by Crippen LogP contribution is -2.56. The lowest BCUT2D eigenvalue weighted by molar-refractivity contribution is -0.384. The molecule has 11 heteroatoms. The van der Waals surface area contributed by atoms with Crippen molar-refractivity contribution in [3.05, 3.63) is 34.4 Å². The van der Waals surface area contributed by atoms with E-state index in [9.17, 15) is 28.1 Å². The van der Waals surface area contributed by atoms with Gasteiger partial charge in [0.1, 0.15) is 5.75 Å². The van der Waals surface area contributed by atoms with Gasteiger partial charge in [-0.2, -0.15) is 25.8 Å². The molecule has 8 atom stereocenters. The van der Waals surface area contributed by atoms with E-state index in [0.717, 1.165) is 43.2 Å². The highest BCUT2D eigenvalue weighted by Gasteiger charge is 2.64. The molecule has 4 saturated carbocycles. The van der Waals surface area contributed by atoms with Crippen molar-refractivity contribution < 1.29 is 32.7 Å². The third kappa shape index (κ3) is 9.11. The average molecular weight is 677 g/mol. The van der Waals surface area contributed by atoms with E-state index in [1.54, 1.807) is 0 Å². The fourth-order valence-corrected chi connectivity index (χ4v) is 9.86. The molecule has 0 aromatic heterocycles. The van der Waals surface area contributed by atoms with Gasteiger partial charge in [-0.15, -0.1) is 0 Å². The van der Waals surface area contributed by atoms with Gasteiger partial charge >= 0.3 is 12.3 Å². The number of carboxylic acid groups (broad SMARTS) is 1. The number of nitro benzene ring substituents is 1. The first-order chi connectivity index (χ1) is 21.6. The summed E-state index contributed by atoms with van der Waals surface area (Å²) in [5, 5.41) is 18.4. The monoisotopic (exact) mass is 676 g/mol. The number of nitrogens with two attached hydrogens (primary N) is 1. The summed E-state index contributed by atoms with van der Waals surface area (Å²) in [4.78, 5) is 19.6. The van der Waals surface area contributed by atoms with Crippen molar-refractivity contribution in [1.82, 2.24) is 0 Å². The van der Waals surface area contributed by atoms with Crippen LogP contribution in [0.2, 0.25) is 0 Å². The molecule has 0 bridgehead atoms. The number of nitrogens with zero attached hydrogens (tertiary/aromatic N) is 1. The summed E-state index contributed by atoms with van der Waals surface area (Å²) < 4.78 is 44.4. The number of benzene rings is 1. The highest BCUT2D eigenvalue weighted by molar-refractivity contribution is 7.81. The molecule has 0 heterocycles. The summed E-state index contributed by atoms with van der Waals surface area (Å²) in [7, 11) is 1.50. The molecule has 4 fully saturated rings. The number of hydrogen-bond acceptors (Lipinski definition) is 6.